The van der Waals surface area contributed by atoms with Crippen LogP contribution in [0, 0.1) is 5.41 Å². The molecule has 0 radical (unpaired) electrons. The Morgan fingerprint density at radius 3 is 2.42 bits per heavy atom. The molecule has 0 unspecified atom stereocenters. The van der Waals surface area contributed by atoms with E-state index in [-0.39, 0.29) is 11.2 Å². The van der Waals surface area contributed by atoms with Crippen LogP contribution in [-0.2, 0) is 4.79 Å². The summed E-state index contributed by atoms with van der Waals surface area (Å²) < 4.78 is 0. The van der Waals surface area contributed by atoms with E-state index in [0.717, 1.165) is 12.8 Å². The summed E-state index contributed by atoms with van der Waals surface area (Å²) in [6.07, 6.45) is 11.4. The summed E-state index contributed by atoms with van der Waals surface area (Å²) in [4.78, 5) is 11.1. The number of carbonyl (C=O) groups is 1. The Hall–Kier alpha value is -1.11. The molecule has 0 aromatic carbocycles. The Morgan fingerprint density at radius 2 is 2.00 bits per heavy atom. The van der Waals surface area contributed by atoms with E-state index >= 15 is 0 Å². The van der Waals surface area contributed by atoms with Gasteiger partial charge in [0.05, 0.1) is 0 Å². The van der Waals surface area contributed by atoms with Gasteiger partial charge in [0.25, 0.3) is 0 Å². The first-order valence-electron chi connectivity index (χ1n) is 4.19. The third-order valence-electron chi connectivity index (χ3n) is 2.26. The predicted octanol–water partition coefficient (Wildman–Crippen LogP) is 2.65. The van der Waals surface area contributed by atoms with Gasteiger partial charge in [0, 0.05) is 5.41 Å². The summed E-state index contributed by atoms with van der Waals surface area (Å²) in [5, 5.41) is 0. The lowest BCUT2D eigenvalue weighted by molar-refractivity contribution is -0.120. The summed E-state index contributed by atoms with van der Waals surface area (Å²) in [6, 6.07) is 0. The van der Waals surface area contributed by atoms with Gasteiger partial charge in [0.2, 0.25) is 0 Å². The summed E-state index contributed by atoms with van der Waals surface area (Å²) >= 11 is 0. The van der Waals surface area contributed by atoms with E-state index in [2.05, 4.69) is 6.58 Å². The van der Waals surface area contributed by atoms with E-state index in [0.29, 0.717) is 0 Å². The Morgan fingerprint density at radius 1 is 1.33 bits per heavy atom. The number of hydrogen-bond acceptors (Lipinski definition) is 1. The Bertz CT molecular complexity index is 242. The third kappa shape index (κ3) is 1.94. The lowest BCUT2D eigenvalue weighted by Crippen LogP contribution is -2.07. The van der Waals surface area contributed by atoms with Crippen LogP contribution < -0.4 is 0 Å². The lowest BCUT2D eigenvalue weighted by Gasteiger charge is -2.01. The van der Waals surface area contributed by atoms with Crippen molar-refractivity contribution >= 4 is 5.78 Å². The van der Waals surface area contributed by atoms with E-state index in [1.54, 1.807) is 13.0 Å². The van der Waals surface area contributed by atoms with Crippen molar-refractivity contribution in [2.45, 2.75) is 19.8 Å². The van der Waals surface area contributed by atoms with Gasteiger partial charge < -0.3 is 0 Å². The minimum absolute atomic E-state index is 0.106. The average Bonchev–Trinajstić information content (AvgIpc) is 2.79. The molecule has 64 valence electrons. The molecule has 1 rings (SSSR count). The van der Waals surface area contributed by atoms with Gasteiger partial charge in [-0.25, -0.2) is 0 Å². The topological polar surface area (TPSA) is 17.1 Å². The Balaban J connectivity index is 2.50. The quantitative estimate of drug-likeness (QED) is 0.581. The highest BCUT2D eigenvalue weighted by Gasteiger charge is 2.44. The molecule has 1 saturated carbocycles. The molecule has 0 aromatic heterocycles. The van der Waals surface area contributed by atoms with Gasteiger partial charge in [-0.15, -0.1) is 0 Å². The highest BCUT2D eigenvalue weighted by atomic mass is 16.1. The fourth-order valence-electron chi connectivity index (χ4n) is 1.15. The normalized spacial score (nSPS) is 20.1. The zero-order valence-electron chi connectivity index (χ0n) is 7.42. The molecule has 0 spiro atoms. The van der Waals surface area contributed by atoms with Gasteiger partial charge in [0.15, 0.2) is 0 Å². The highest BCUT2D eigenvalue weighted by Crippen LogP contribution is 2.47. The summed E-state index contributed by atoms with van der Waals surface area (Å²) in [5.41, 5.74) is -0.106. The standard InChI is InChI=1S/C11H14O/c1-3-4-5-6-7-11(8-9-11)10(2)12/h3-7H,1,8-9H2,2H3/b5-4-,7-6+. The van der Waals surface area contributed by atoms with Gasteiger partial charge in [-0.05, 0) is 19.8 Å². The maximum atomic E-state index is 11.1. The van der Waals surface area contributed by atoms with Crippen molar-refractivity contribution < 1.29 is 4.79 Å². The molecule has 0 amide bonds. The van der Waals surface area contributed by atoms with Gasteiger partial charge in [-0.2, -0.15) is 0 Å². The molecule has 1 aliphatic carbocycles. The van der Waals surface area contributed by atoms with Crippen molar-refractivity contribution in [2.75, 3.05) is 0 Å². The predicted molar refractivity (Wildman–Crippen MR) is 50.8 cm³/mol. The zero-order valence-corrected chi connectivity index (χ0v) is 7.42. The van der Waals surface area contributed by atoms with Crippen molar-refractivity contribution in [2.24, 2.45) is 5.41 Å². The van der Waals surface area contributed by atoms with Crippen LogP contribution in [0.3, 0.4) is 0 Å². The van der Waals surface area contributed by atoms with E-state index in [1.165, 1.54) is 0 Å². The van der Waals surface area contributed by atoms with Gasteiger partial charge in [-0.3, -0.25) is 4.79 Å². The van der Waals surface area contributed by atoms with E-state index < -0.39 is 0 Å². The summed E-state index contributed by atoms with van der Waals surface area (Å²) in [6.45, 7) is 5.22. The summed E-state index contributed by atoms with van der Waals surface area (Å²) in [5.74, 6) is 0.283. The minimum Gasteiger partial charge on any atom is -0.299 e. The van der Waals surface area contributed by atoms with Crippen LogP contribution in [-0.4, -0.2) is 5.78 Å². The zero-order chi connectivity index (χ0) is 9.03. The number of rotatable bonds is 4. The maximum absolute atomic E-state index is 11.1. The molecule has 1 heteroatoms. The molecule has 0 heterocycles. The number of allylic oxidation sites excluding steroid dienone is 5. The van der Waals surface area contributed by atoms with Crippen LogP contribution in [0.2, 0.25) is 0 Å². The fraction of sp³-hybridized carbons (Fsp3) is 0.364. The first-order chi connectivity index (χ1) is 5.71. The van der Waals surface area contributed by atoms with Crippen molar-refractivity contribution in [1.82, 2.24) is 0 Å². The van der Waals surface area contributed by atoms with Gasteiger partial charge >= 0.3 is 0 Å². The van der Waals surface area contributed by atoms with Gasteiger partial charge in [0.1, 0.15) is 5.78 Å². The van der Waals surface area contributed by atoms with Crippen LogP contribution in [0.25, 0.3) is 0 Å². The lowest BCUT2D eigenvalue weighted by atomic mass is 10.0. The molecular weight excluding hydrogens is 148 g/mol. The Kier molecular flexibility index (Phi) is 2.64. The van der Waals surface area contributed by atoms with E-state index in [9.17, 15) is 4.79 Å². The van der Waals surface area contributed by atoms with Crippen LogP contribution >= 0.6 is 0 Å². The molecule has 1 fully saturated rings. The van der Waals surface area contributed by atoms with Gasteiger partial charge in [-0.1, -0.05) is 37.0 Å². The smallest absolute Gasteiger partial charge is 0.139 e. The second kappa shape index (κ2) is 3.53. The molecule has 1 aliphatic rings. The van der Waals surface area contributed by atoms with Crippen LogP contribution in [0.15, 0.2) is 37.0 Å². The van der Waals surface area contributed by atoms with Crippen LogP contribution in [0.5, 0.6) is 0 Å². The van der Waals surface area contributed by atoms with Crippen molar-refractivity contribution in [3.8, 4) is 0 Å². The number of hydrogen-bond donors (Lipinski definition) is 0. The van der Waals surface area contributed by atoms with E-state index in [1.807, 2.05) is 24.3 Å². The number of carbonyl (C=O) groups excluding carboxylic acids is 1. The fourth-order valence-corrected chi connectivity index (χ4v) is 1.15. The van der Waals surface area contributed by atoms with Crippen LogP contribution in [0.1, 0.15) is 19.8 Å². The first kappa shape index (κ1) is 8.98. The number of Topliss-reactive ketones (excluding diaryl/α,β-unsaturated/α-hetero) is 1. The monoisotopic (exact) mass is 162 g/mol. The molecule has 0 aliphatic heterocycles. The first-order valence-corrected chi connectivity index (χ1v) is 4.19. The number of ketones is 1. The average molecular weight is 162 g/mol. The van der Waals surface area contributed by atoms with E-state index in [4.69, 9.17) is 0 Å². The SMILES string of the molecule is C=C/C=C\C=C\C1(C(C)=O)CC1. The minimum atomic E-state index is -0.106. The molecule has 0 saturated heterocycles. The molecule has 0 bridgehead atoms. The second-order valence-corrected chi connectivity index (χ2v) is 3.19. The highest BCUT2D eigenvalue weighted by molar-refractivity contribution is 5.87. The molecule has 12 heavy (non-hydrogen) atoms. The maximum Gasteiger partial charge on any atom is 0.139 e. The molecule has 1 nitrogen and oxygen atoms in total. The summed E-state index contributed by atoms with van der Waals surface area (Å²) in [7, 11) is 0. The molecule has 0 N–H and O–H groups in total. The molecule has 0 aromatic rings. The second-order valence-electron chi connectivity index (χ2n) is 3.19. The van der Waals surface area contributed by atoms with Crippen LogP contribution in [0.4, 0.5) is 0 Å². The van der Waals surface area contributed by atoms with Crippen molar-refractivity contribution in [3.63, 3.8) is 0 Å². The molecule has 0 atom stereocenters. The molecular formula is C11H14O. The third-order valence-corrected chi connectivity index (χ3v) is 2.26. The van der Waals surface area contributed by atoms with Crippen molar-refractivity contribution in [3.05, 3.63) is 37.0 Å². The Labute approximate surface area is 73.5 Å². The van der Waals surface area contributed by atoms with Crippen molar-refractivity contribution in [1.29, 1.82) is 0 Å². The largest absolute Gasteiger partial charge is 0.299 e.